The molecule has 1 amide bonds. The number of aromatic hydroxyl groups is 1. The smallest absolute Gasteiger partial charge is 0.416 e. The molecule has 0 fully saturated rings. The summed E-state index contributed by atoms with van der Waals surface area (Å²) in [5, 5.41) is 24.0. The Hall–Kier alpha value is -3.42. The first kappa shape index (κ1) is 22.9. The molecular formula is C16H9F6N3O4S. The largest absolute Gasteiger partial charge is 0.501 e. The van der Waals surface area contributed by atoms with Crippen LogP contribution in [0.2, 0.25) is 0 Å². The monoisotopic (exact) mass is 453 g/mol. The van der Waals surface area contributed by atoms with Gasteiger partial charge in [-0.3, -0.25) is 20.2 Å². The number of hydrogen-bond acceptors (Lipinski definition) is 5. The van der Waals surface area contributed by atoms with E-state index in [1.807, 2.05) is 5.32 Å². The molecule has 0 aromatic heterocycles. The Morgan fingerprint density at radius 3 is 2.03 bits per heavy atom. The van der Waals surface area contributed by atoms with E-state index in [0.29, 0.717) is 0 Å². The second-order valence-electron chi connectivity index (χ2n) is 5.63. The highest BCUT2D eigenvalue weighted by Gasteiger charge is 2.37. The number of phenols is 1. The van der Waals surface area contributed by atoms with Crippen LogP contribution in [0.15, 0.2) is 36.4 Å². The maximum atomic E-state index is 12.9. The summed E-state index contributed by atoms with van der Waals surface area (Å²) in [6.45, 7) is 0. The van der Waals surface area contributed by atoms with Crippen molar-refractivity contribution in [3.8, 4) is 5.75 Å². The fourth-order valence-electron chi connectivity index (χ4n) is 2.19. The quantitative estimate of drug-likeness (QED) is 0.208. The molecule has 0 unspecified atom stereocenters. The van der Waals surface area contributed by atoms with E-state index in [1.165, 1.54) is 0 Å². The lowest BCUT2D eigenvalue weighted by atomic mass is 10.0. The number of hydrogen-bond donors (Lipinski definition) is 3. The molecule has 7 nitrogen and oxygen atoms in total. The van der Waals surface area contributed by atoms with Crippen molar-refractivity contribution >= 4 is 34.6 Å². The van der Waals surface area contributed by atoms with E-state index in [0.717, 1.165) is 18.2 Å². The highest BCUT2D eigenvalue weighted by Crippen LogP contribution is 2.36. The van der Waals surface area contributed by atoms with Gasteiger partial charge in [-0.2, -0.15) is 26.3 Å². The van der Waals surface area contributed by atoms with Crippen LogP contribution in [0.3, 0.4) is 0 Å². The summed E-state index contributed by atoms with van der Waals surface area (Å²) in [5.74, 6) is -2.26. The summed E-state index contributed by atoms with van der Waals surface area (Å²) < 4.78 is 77.3. The maximum Gasteiger partial charge on any atom is 0.416 e. The number of phenolic OH excluding ortho intramolecular Hbond substituents is 1. The molecule has 0 aliphatic rings. The predicted octanol–water partition coefficient (Wildman–Crippen LogP) is 4.46. The third kappa shape index (κ3) is 5.34. The lowest BCUT2D eigenvalue weighted by Gasteiger charge is -2.15. The number of anilines is 1. The molecular weight excluding hydrogens is 444 g/mol. The van der Waals surface area contributed by atoms with Crippen LogP contribution in [-0.2, 0) is 12.4 Å². The van der Waals surface area contributed by atoms with Gasteiger partial charge in [0.1, 0.15) is 0 Å². The van der Waals surface area contributed by atoms with Crippen molar-refractivity contribution < 1.29 is 41.2 Å². The normalized spacial score (nSPS) is 11.7. The number of rotatable bonds is 3. The third-order valence-corrected chi connectivity index (χ3v) is 3.74. The van der Waals surface area contributed by atoms with Gasteiger partial charge in [-0.25, -0.2) is 0 Å². The molecule has 0 saturated carbocycles. The van der Waals surface area contributed by atoms with Crippen LogP contribution in [0.25, 0.3) is 0 Å². The number of carbonyl (C=O) groups excluding carboxylic acids is 1. The minimum Gasteiger partial charge on any atom is -0.501 e. The summed E-state index contributed by atoms with van der Waals surface area (Å²) in [4.78, 5) is 22.0. The van der Waals surface area contributed by atoms with Gasteiger partial charge in [0, 0.05) is 11.6 Å². The number of amides is 1. The van der Waals surface area contributed by atoms with Crippen molar-refractivity contribution in [2.45, 2.75) is 12.4 Å². The summed E-state index contributed by atoms with van der Waals surface area (Å²) >= 11 is 4.72. The number of nitro groups is 1. The molecule has 0 saturated heterocycles. The average molecular weight is 453 g/mol. The molecule has 3 N–H and O–H groups in total. The van der Waals surface area contributed by atoms with E-state index < -0.39 is 56.4 Å². The van der Waals surface area contributed by atoms with E-state index in [9.17, 15) is 46.4 Å². The zero-order chi connectivity index (χ0) is 22.9. The Labute approximate surface area is 168 Å². The van der Waals surface area contributed by atoms with E-state index in [2.05, 4.69) is 5.32 Å². The second kappa shape index (κ2) is 8.14. The SMILES string of the molecule is O=C(NC(=S)Nc1cccc([N+](=O)[O-])c1O)c1cc(C(F)(F)F)cc(C(F)(F)F)c1. The maximum absolute atomic E-state index is 12.9. The zero-order valence-corrected chi connectivity index (χ0v) is 15.1. The van der Waals surface area contributed by atoms with Crippen molar-refractivity contribution in [2.75, 3.05) is 5.32 Å². The number of alkyl halides is 6. The molecule has 0 heterocycles. The standard InChI is InChI=1S/C16H9F6N3O4S/c17-15(18,19)8-4-7(5-9(6-8)16(20,21)22)13(27)24-14(30)23-10-2-1-3-11(12(10)26)25(28)29/h1-6,26H,(H2,23,24,27,30). The van der Waals surface area contributed by atoms with Gasteiger partial charge in [0.25, 0.3) is 5.91 Å². The summed E-state index contributed by atoms with van der Waals surface area (Å²) in [6, 6.07) is 3.52. The molecule has 14 heteroatoms. The minimum absolute atomic E-state index is 0.144. The number of nitro benzene ring substituents is 1. The summed E-state index contributed by atoms with van der Waals surface area (Å²) in [5.41, 5.74) is -5.41. The number of thiocarbonyl (C=S) groups is 1. The Bertz CT molecular complexity index is 991. The average Bonchev–Trinajstić information content (AvgIpc) is 2.61. The zero-order valence-electron chi connectivity index (χ0n) is 14.3. The van der Waals surface area contributed by atoms with Gasteiger partial charge in [0.05, 0.1) is 21.7 Å². The molecule has 0 aliphatic carbocycles. The number of nitrogens with one attached hydrogen (secondary N) is 2. The van der Waals surface area contributed by atoms with E-state index >= 15 is 0 Å². The molecule has 2 rings (SSSR count). The second-order valence-corrected chi connectivity index (χ2v) is 6.04. The van der Waals surface area contributed by atoms with Crippen LogP contribution in [-0.4, -0.2) is 21.0 Å². The van der Waals surface area contributed by atoms with Crippen molar-refractivity contribution in [2.24, 2.45) is 0 Å². The van der Waals surface area contributed by atoms with Crippen LogP contribution >= 0.6 is 12.2 Å². The van der Waals surface area contributed by atoms with Gasteiger partial charge in [0.2, 0.25) is 5.75 Å². The summed E-state index contributed by atoms with van der Waals surface area (Å²) in [7, 11) is 0. The van der Waals surface area contributed by atoms with Crippen molar-refractivity contribution in [3.63, 3.8) is 0 Å². The van der Waals surface area contributed by atoms with Crippen LogP contribution in [0.4, 0.5) is 37.7 Å². The molecule has 30 heavy (non-hydrogen) atoms. The van der Waals surface area contributed by atoms with Gasteiger partial charge in [-0.15, -0.1) is 0 Å². The van der Waals surface area contributed by atoms with Gasteiger partial charge >= 0.3 is 18.0 Å². The van der Waals surface area contributed by atoms with Gasteiger partial charge < -0.3 is 10.4 Å². The Balaban J connectivity index is 2.29. The number of carbonyl (C=O) groups is 1. The highest BCUT2D eigenvalue weighted by atomic mass is 32.1. The molecule has 0 radical (unpaired) electrons. The minimum atomic E-state index is -5.15. The van der Waals surface area contributed by atoms with Crippen LogP contribution < -0.4 is 10.6 Å². The topological polar surface area (TPSA) is 104 Å². The lowest BCUT2D eigenvalue weighted by Crippen LogP contribution is -2.34. The predicted molar refractivity (Wildman–Crippen MR) is 94.9 cm³/mol. The Kier molecular flexibility index (Phi) is 6.20. The molecule has 0 spiro atoms. The molecule has 160 valence electrons. The van der Waals surface area contributed by atoms with Gasteiger partial charge in [-0.05, 0) is 36.5 Å². The molecule has 0 atom stereocenters. The fraction of sp³-hybridized carbons (Fsp3) is 0.125. The lowest BCUT2D eigenvalue weighted by molar-refractivity contribution is -0.385. The molecule has 2 aromatic rings. The van der Waals surface area contributed by atoms with E-state index in [-0.39, 0.29) is 23.9 Å². The van der Waals surface area contributed by atoms with Crippen LogP contribution in [0.1, 0.15) is 21.5 Å². The first-order valence-electron chi connectivity index (χ1n) is 7.58. The third-order valence-electron chi connectivity index (χ3n) is 3.54. The fourth-order valence-corrected chi connectivity index (χ4v) is 2.40. The molecule has 0 bridgehead atoms. The first-order valence-corrected chi connectivity index (χ1v) is 7.99. The number of nitrogens with zero attached hydrogens (tertiary/aromatic N) is 1. The van der Waals surface area contributed by atoms with Gasteiger partial charge in [0.15, 0.2) is 5.11 Å². The van der Waals surface area contributed by atoms with Crippen LogP contribution in [0, 0.1) is 10.1 Å². The van der Waals surface area contributed by atoms with Crippen molar-refractivity contribution in [3.05, 3.63) is 63.2 Å². The number of para-hydroxylation sites is 1. The number of halogens is 6. The van der Waals surface area contributed by atoms with Gasteiger partial charge in [-0.1, -0.05) is 6.07 Å². The Morgan fingerprint density at radius 2 is 1.57 bits per heavy atom. The molecule has 0 aliphatic heterocycles. The van der Waals surface area contributed by atoms with Crippen molar-refractivity contribution in [1.29, 1.82) is 0 Å². The highest BCUT2D eigenvalue weighted by molar-refractivity contribution is 7.80. The number of benzene rings is 2. The van der Waals surface area contributed by atoms with E-state index in [1.54, 1.807) is 0 Å². The first-order chi connectivity index (χ1) is 13.7. The van der Waals surface area contributed by atoms with Crippen molar-refractivity contribution in [1.82, 2.24) is 5.32 Å². The van der Waals surface area contributed by atoms with E-state index in [4.69, 9.17) is 12.2 Å². The molecule has 2 aromatic carbocycles. The van der Waals surface area contributed by atoms with Crippen LogP contribution in [0.5, 0.6) is 5.75 Å². The Morgan fingerprint density at radius 1 is 1.03 bits per heavy atom. The summed E-state index contributed by atoms with van der Waals surface area (Å²) in [6.07, 6.45) is -10.3.